The van der Waals surface area contributed by atoms with E-state index < -0.39 is 10.0 Å². The number of fused-ring (bicyclic) bond motifs is 1. The van der Waals surface area contributed by atoms with Crippen LogP contribution in [0, 0.1) is 5.92 Å². The second-order valence-electron chi connectivity index (χ2n) is 7.24. The van der Waals surface area contributed by atoms with E-state index in [9.17, 15) is 8.42 Å². The molecule has 1 aliphatic heterocycles. The van der Waals surface area contributed by atoms with Gasteiger partial charge in [-0.15, -0.1) is 0 Å². The van der Waals surface area contributed by atoms with Crippen molar-refractivity contribution in [1.82, 2.24) is 20.8 Å². The average Bonchev–Trinajstić information content (AvgIpc) is 3.04. The molecule has 2 unspecified atom stereocenters. The lowest BCUT2D eigenvalue weighted by molar-refractivity contribution is 0.466. The number of benzene rings is 2. The molecular formula is C20H24N6O2S. The minimum atomic E-state index is -3.78. The highest BCUT2D eigenvalue weighted by Gasteiger charge is 2.30. The number of hydrazine groups is 1. The van der Waals surface area contributed by atoms with E-state index in [0.717, 1.165) is 0 Å². The van der Waals surface area contributed by atoms with E-state index in [4.69, 9.17) is 0 Å². The Bertz CT molecular complexity index is 1100. The molecule has 1 aromatic heterocycles. The molecule has 4 N–H and O–H groups in total. The molecule has 0 saturated carbocycles. The summed E-state index contributed by atoms with van der Waals surface area (Å²) >= 11 is 0. The van der Waals surface area contributed by atoms with E-state index in [-0.39, 0.29) is 22.8 Å². The van der Waals surface area contributed by atoms with Gasteiger partial charge in [0.25, 0.3) is 10.0 Å². The van der Waals surface area contributed by atoms with Crippen LogP contribution in [-0.2, 0) is 10.0 Å². The number of anilines is 2. The lowest BCUT2D eigenvalue weighted by atomic mass is 9.97. The fraction of sp³-hybridized carbons (Fsp3) is 0.300. The summed E-state index contributed by atoms with van der Waals surface area (Å²) in [5, 5.41) is 3.30. The first-order chi connectivity index (χ1) is 13.9. The van der Waals surface area contributed by atoms with Crippen LogP contribution in [0.25, 0.3) is 11.0 Å². The van der Waals surface area contributed by atoms with Crippen molar-refractivity contribution in [3.63, 3.8) is 0 Å². The van der Waals surface area contributed by atoms with Crippen molar-refractivity contribution in [2.24, 2.45) is 5.92 Å². The summed E-state index contributed by atoms with van der Waals surface area (Å²) in [6.07, 6.45) is 0. The molecule has 29 heavy (non-hydrogen) atoms. The smallest absolute Gasteiger partial charge is 0.263 e. The van der Waals surface area contributed by atoms with Crippen molar-refractivity contribution >= 4 is 32.7 Å². The van der Waals surface area contributed by atoms with Crippen LogP contribution in [0.2, 0.25) is 0 Å². The molecule has 2 heterocycles. The zero-order valence-electron chi connectivity index (χ0n) is 16.3. The quantitative estimate of drug-likeness (QED) is 0.492. The van der Waals surface area contributed by atoms with Crippen molar-refractivity contribution < 1.29 is 8.42 Å². The van der Waals surface area contributed by atoms with E-state index in [2.05, 4.69) is 44.7 Å². The number of nitrogens with zero attached hydrogens (tertiary/aromatic N) is 2. The third-order valence-electron chi connectivity index (χ3n) is 5.18. The molecule has 0 spiro atoms. The third kappa shape index (κ3) is 4.16. The molecule has 9 heteroatoms. The number of hydrogen-bond acceptors (Lipinski definition) is 7. The number of hydrogen-bond donors (Lipinski definition) is 4. The Labute approximate surface area is 170 Å². The SMILES string of the molecule is CC1NNC(C)C1CNc1nc2ccccc2nc1NS(=O)(=O)c1ccccc1. The Morgan fingerprint density at radius 2 is 1.41 bits per heavy atom. The van der Waals surface area contributed by atoms with Crippen LogP contribution in [0.1, 0.15) is 13.8 Å². The molecule has 0 bridgehead atoms. The molecule has 152 valence electrons. The van der Waals surface area contributed by atoms with Crippen LogP contribution in [0.4, 0.5) is 11.6 Å². The van der Waals surface area contributed by atoms with E-state index in [0.29, 0.717) is 29.3 Å². The molecule has 8 nitrogen and oxygen atoms in total. The molecule has 1 aliphatic rings. The molecule has 1 fully saturated rings. The van der Waals surface area contributed by atoms with Gasteiger partial charge in [0.2, 0.25) is 0 Å². The molecular weight excluding hydrogens is 388 g/mol. The van der Waals surface area contributed by atoms with Gasteiger partial charge in [0, 0.05) is 24.5 Å². The Morgan fingerprint density at radius 3 is 2.03 bits per heavy atom. The van der Waals surface area contributed by atoms with Crippen LogP contribution in [0.15, 0.2) is 59.5 Å². The first kappa shape index (κ1) is 19.6. The summed E-state index contributed by atoms with van der Waals surface area (Å²) in [6.45, 7) is 4.83. The van der Waals surface area contributed by atoms with E-state index >= 15 is 0 Å². The Hall–Kier alpha value is -2.75. The predicted octanol–water partition coefficient (Wildman–Crippen LogP) is 2.34. The standard InChI is InChI=1S/C20H24N6O2S/c1-13-16(14(2)25-24-13)12-21-19-20(23-18-11-7-6-10-17(18)22-19)26-29(27,28)15-8-4-3-5-9-15/h3-11,13-14,16,24-25H,12H2,1-2H3,(H,21,22)(H,23,26). The monoisotopic (exact) mass is 412 g/mol. The lowest BCUT2D eigenvalue weighted by Crippen LogP contribution is -2.30. The Balaban J connectivity index is 1.67. The molecule has 0 radical (unpaired) electrons. The number of para-hydroxylation sites is 2. The highest BCUT2D eigenvalue weighted by Crippen LogP contribution is 2.25. The second-order valence-corrected chi connectivity index (χ2v) is 8.92. The second kappa shape index (κ2) is 7.94. The van der Waals surface area contributed by atoms with Gasteiger partial charge in [-0.2, -0.15) is 0 Å². The fourth-order valence-electron chi connectivity index (χ4n) is 3.46. The molecule has 4 rings (SSSR count). The van der Waals surface area contributed by atoms with Gasteiger partial charge in [-0.05, 0) is 38.1 Å². The van der Waals surface area contributed by atoms with Gasteiger partial charge in [0.1, 0.15) is 0 Å². The molecule has 2 aromatic carbocycles. The van der Waals surface area contributed by atoms with Gasteiger partial charge in [0.05, 0.1) is 15.9 Å². The maximum Gasteiger partial charge on any atom is 0.263 e. The summed E-state index contributed by atoms with van der Waals surface area (Å²) < 4.78 is 28.3. The highest BCUT2D eigenvalue weighted by molar-refractivity contribution is 7.92. The fourth-order valence-corrected chi connectivity index (χ4v) is 4.49. The van der Waals surface area contributed by atoms with Crippen LogP contribution >= 0.6 is 0 Å². The molecule has 0 amide bonds. The van der Waals surface area contributed by atoms with Crippen molar-refractivity contribution in [3.8, 4) is 0 Å². The zero-order valence-corrected chi connectivity index (χ0v) is 17.1. The average molecular weight is 413 g/mol. The maximum atomic E-state index is 12.8. The number of aromatic nitrogens is 2. The molecule has 2 atom stereocenters. The molecule has 3 aromatic rings. The van der Waals surface area contributed by atoms with Gasteiger partial charge >= 0.3 is 0 Å². The normalized spacial score (nSPS) is 21.9. The van der Waals surface area contributed by atoms with Crippen LogP contribution in [0.5, 0.6) is 0 Å². The largest absolute Gasteiger partial charge is 0.367 e. The van der Waals surface area contributed by atoms with E-state index in [1.54, 1.807) is 36.4 Å². The van der Waals surface area contributed by atoms with Crippen molar-refractivity contribution in [2.45, 2.75) is 30.8 Å². The van der Waals surface area contributed by atoms with Crippen molar-refractivity contribution in [1.29, 1.82) is 0 Å². The summed E-state index contributed by atoms with van der Waals surface area (Å²) in [5.74, 6) is 0.906. The first-order valence-corrected chi connectivity index (χ1v) is 11.0. The molecule has 0 aliphatic carbocycles. The lowest BCUT2D eigenvalue weighted by Gasteiger charge is -2.20. The third-order valence-corrected chi connectivity index (χ3v) is 6.54. The van der Waals surface area contributed by atoms with Crippen LogP contribution < -0.4 is 20.9 Å². The zero-order chi connectivity index (χ0) is 20.4. The predicted molar refractivity (Wildman–Crippen MR) is 114 cm³/mol. The van der Waals surface area contributed by atoms with E-state index in [1.807, 2.05) is 18.2 Å². The van der Waals surface area contributed by atoms with Gasteiger partial charge in [-0.25, -0.2) is 18.4 Å². The van der Waals surface area contributed by atoms with Crippen LogP contribution in [0.3, 0.4) is 0 Å². The number of sulfonamides is 1. The molecule has 1 saturated heterocycles. The minimum Gasteiger partial charge on any atom is -0.367 e. The summed E-state index contributed by atoms with van der Waals surface area (Å²) in [6, 6.07) is 16.2. The van der Waals surface area contributed by atoms with Gasteiger partial charge < -0.3 is 5.32 Å². The van der Waals surface area contributed by atoms with Gasteiger partial charge in [-0.3, -0.25) is 15.6 Å². The summed E-state index contributed by atoms with van der Waals surface area (Å²) in [5.41, 5.74) is 7.76. The van der Waals surface area contributed by atoms with Gasteiger partial charge in [-0.1, -0.05) is 30.3 Å². The minimum absolute atomic E-state index is 0.173. The van der Waals surface area contributed by atoms with Crippen LogP contribution in [-0.4, -0.2) is 37.0 Å². The first-order valence-electron chi connectivity index (χ1n) is 9.53. The van der Waals surface area contributed by atoms with Gasteiger partial charge in [0.15, 0.2) is 11.6 Å². The number of rotatable bonds is 6. The summed E-state index contributed by atoms with van der Waals surface area (Å²) in [4.78, 5) is 9.32. The van der Waals surface area contributed by atoms with Crippen molar-refractivity contribution in [2.75, 3.05) is 16.6 Å². The van der Waals surface area contributed by atoms with E-state index in [1.165, 1.54) is 0 Å². The van der Waals surface area contributed by atoms with Crippen molar-refractivity contribution in [3.05, 3.63) is 54.6 Å². The number of nitrogens with one attached hydrogen (secondary N) is 4. The highest BCUT2D eigenvalue weighted by atomic mass is 32.2. The maximum absolute atomic E-state index is 12.8. The summed E-state index contributed by atoms with van der Waals surface area (Å²) in [7, 11) is -3.78. The topological polar surface area (TPSA) is 108 Å². The Kier molecular flexibility index (Phi) is 5.35. The Morgan fingerprint density at radius 1 is 0.862 bits per heavy atom.